The van der Waals surface area contributed by atoms with Crippen LogP contribution in [0.4, 0.5) is 0 Å². The minimum Gasteiger partial charge on any atom is -0.478 e. The van der Waals surface area contributed by atoms with Gasteiger partial charge in [-0.2, -0.15) is 0 Å². The molecule has 0 aromatic heterocycles. The Morgan fingerprint density at radius 2 is 1.86 bits per heavy atom. The van der Waals surface area contributed by atoms with Crippen LogP contribution in [0.25, 0.3) is 0 Å². The number of hydrogen-bond acceptors (Lipinski definition) is 7. The molecule has 154 valence electrons. The highest BCUT2D eigenvalue weighted by Crippen LogP contribution is 2.34. The van der Waals surface area contributed by atoms with Crippen molar-refractivity contribution in [2.75, 3.05) is 0 Å². The van der Waals surface area contributed by atoms with Gasteiger partial charge in [-0.1, -0.05) is 6.07 Å². The standard InChI is InChI=1S/C20H22N2O7/c1-10(19(27)29-20(2,3)4)28-13-7-5-6-11-15(13)18(26)22(17(11)25)12-8-9-14(23)21-16(12)24/h5-7,10,12H,8-9H2,1-4H3,(H,21,23,24)/t10-,12+/m1/s1. The molecule has 1 N–H and O–H groups in total. The van der Waals surface area contributed by atoms with E-state index >= 15 is 0 Å². The average Bonchev–Trinajstić information content (AvgIpc) is 2.86. The topological polar surface area (TPSA) is 119 Å². The summed E-state index contributed by atoms with van der Waals surface area (Å²) in [5.74, 6) is -3.05. The van der Waals surface area contributed by atoms with E-state index in [9.17, 15) is 24.0 Å². The van der Waals surface area contributed by atoms with Gasteiger partial charge in [0.25, 0.3) is 11.8 Å². The van der Waals surface area contributed by atoms with Gasteiger partial charge in [-0.25, -0.2) is 4.79 Å². The number of ether oxygens (including phenoxy) is 2. The van der Waals surface area contributed by atoms with Gasteiger partial charge in [0, 0.05) is 6.42 Å². The van der Waals surface area contributed by atoms with Gasteiger partial charge in [0.1, 0.15) is 17.4 Å². The third-order valence-electron chi connectivity index (χ3n) is 4.47. The Kier molecular flexibility index (Phi) is 5.16. The normalized spacial score (nSPS) is 20.3. The van der Waals surface area contributed by atoms with E-state index in [0.29, 0.717) is 0 Å². The molecule has 0 saturated carbocycles. The highest BCUT2D eigenvalue weighted by atomic mass is 16.6. The fraction of sp³-hybridized carbons (Fsp3) is 0.450. The van der Waals surface area contributed by atoms with Crippen molar-refractivity contribution in [3.05, 3.63) is 29.3 Å². The Balaban J connectivity index is 1.86. The first kappa shape index (κ1) is 20.5. The van der Waals surface area contributed by atoms with Crippen LogP contribution in [0, 0.1) is 0 Å². The van der Waals surface area contributed by atoms with Crippen LogP contribution in [-0.2, 0) is 19.1 Å². The van der Waals surface area contributed by atoms with E-state index in [1.54, 1.807) is 20.8 Å². The number of esters is 1. The van der Waals surface area contributed by atoms with Gasteiger partial charge >= 0.3 is 5.97 Å². The van der Waals surface area contributed by atoms with Gasteiger partial charge in [-0.15, -0.1) is 0 Å². The molecule has 0 bridgehead atoms. The highest BCUT2D eigenvalue weighted by molar-refractivity contribution is 6.24. The number of carbonyl (C=O) groups is 5. The molecule has 2 aliphatic heterocycles. The largest absolute Gasteiger partial charge is 0.478 e. The molecule has 1 aromatic rings. The molecule has 2 aliphatic rings. The van der Waals surface area contributed by atoms with Gasteiger partial charge in [0.05, 0.1) is 11.1 Å². The number of benzene rings is 1. The van der Waals surface area contributed by atoms with Crippen LogP contribution in [0.15, 0.2) is 18.2 Å². The number of carbonyl (C=O) groups excluding carboxylic acids is 5. The number of hydrogen-bond donors (Lipinski definition) is 1. The molecule has 4 amide bonds. The molecule has 0 aliphatic carbocycles. The highest BCUT2D eigenvalue weighted by Gasteiger charge is 2.46. The molecule has 2 atom stereocenters. The predicted octanol–water partition coefficient (Wildman–Crippen LogP) is 1.20. The number of nitrogens with zero attached hydrogens (tertiary/aromatic N) is 1. The smallest absolute Gasteiger partial charge is 0.347 e. The molecule has 0 unspecified atom stereocenters. The quantitative estimate of drug-likeness (QED) is 0.594. The van der Waals surface area contributed by atoms with Crippen LogP contribution in [0.1, 0.15) is 61.3 Å². The fourth-order valence-electron chi connectivity index (χ4n) is 3.21. The molecule has 0 spiro atoms. The van der Waals surface area contributed by atoms with Crippen LogP contribution in [0.3, 0.4) is 0 Å². The first-order chi connectivity index (χ1) is 13.5. The number of imide groups is 2. The molecule has 0 radical (unpaired) electrons. The molecule has 9 nitrogen and oxygen atoms in total. The fourth-order valence-corrected chi connectivity index (χ4v) is 3.21. The second kappa shape index (κ2) is 7.31. The summed E-state index contributed by atoms with van der Waals surface area (Å²) in [7, 11) is 0. The van der Waals surface area contributed by atoms with Crippen molar-refractivity contribution in [1.29, 1.82) is 0 Å². The maximum absolute atomic E-state index is 13.0. The Morgan fingerprint density at radius 1 is 1.17 bits per heavy atom. The lowest BCUT2D eigenvalue weighted by Crippen LogP contribution is -2.54. The summed E-state index contributed by atoms with van der Waals surface area (Å²) in [5, 5.41) is 2.14. The molecule has 1 fully saturated rings. The molecular formula is C20H22N2O7. The van der Waals surface area contributed by atoms with E-state index in [4.69, 9.17) is 9.47 Å². The predicted molar refractivity (Wildman–Crippen MR) is 99.0 cm³/mol. The molecule has 2 heterocycles. The second-order valence-corrected chi connectivity index (χ2v) is 7.92. The third-order valence-corrected chi connectivity index (χ3v) is 4.47. The molecular weight excluding hydrogens is 380 g/mol. The maximum Gasteiger partial charge on any atom is 0.347 e. The summed E-state index contributed by atoms with van der Waals surface area (Å²) in [6.07, 6.45) is -0.933. The van der Waals surface area contributed by atoms with Crippen molar-refractivity contribution in [3.8, 4) is 5.75 Å². The Hall–Kier alpha value is -3.23. The van der Waals surface area contributed by atoms with E-state index in [1.165, 1.54) is 25.1 Å². The minimum absolute atomic E-state index is 0.0161. The first-order valence-corrected chi connectivity index (χ1v) is 9.23. The van der Waals surface area contributed by atoms with E-state index < -0.39 is 47.3 Å². The zero-order chi connectivity index (χ0) is 21.5. The van der Waals surface area contributed by atoms with E-state index in [0.717, 1.165) is 4.90 Å². The zero-order valence-corrected chi connectivity index (χ0v) is 16.6. The van der Waals surface area contributed by atoms with Gasteiger partial charge in [0.15, 0.2) is 6.10 Å². The van der Waals surface area contributed by atoms with E-state index in [2.05, 4.69) is 5.32 Å². The van der Waals surface area contributed by atoms with Gasteiger partial charge in [0.2, 0.25) is 11.8 Å². The van der Waals surface area contributed by atoms with Gasteiger partial charge in [-0.05, 0) is 46.2 Å². The Bertz CT molecular complexity index is 916. The van der Waals surface area contributed by atoms with Crippen molar-refractivity contribution >= 4 is 29.6 Å². The van der Waals surface area contributed by atoms with Crippen molar-refractivity contribution in [1.82, 2.24) is 10.2 Å². The van der Waals surface area contributed by atoms with Crippen molar-refractivity contribution in [2.24, 2.45) is 0 Å². The summed E-state index contributed by atoms with van der Waals surface area (Å²) in [6, 6.07) is 3.37. The molecule has 3 rings (SSSR count). The molecule has 1 saturated heterocycles. The third kappa shape index (κ3) is 3.98. The van der Waals surface area contributed by atoms with Crippen LogP contribution in [-0.4, -0.2) is 52.2 Å². The summed E-state index contributed by atoms with van der Waals surface area (Å²) in [6.45, 7) is 6.64. The van der Waals surface area contributed by atoms with Crippen LogP contribution >= 0.6 is 0 Å². The SMILES string of the molecule is C[C@@H](Oc1cccc2c1C(=O)N([C@H]1CCC(=O)NC1=O)C2=O)C(=O)OC(C)(C)C. The first-order valence-electron chi connectivity index (χ1n) is 9.23. The van der Waals surface area contributed by atoms with Crippen LogP contribution < -0.4 is 10.1 Å². The number of piperidine rings is 1. The van der Waals surface area contributed by atoms with Crippen molar-refractivity contribution in [2.45, 2.75) is 58.3 Å². The van der Waals surface area contributed by atoms with Gasteiger partial charge < -0.3 is 9.47 Å². The summed E-state index contributed by atoms with van der Waals surface area (Å²) in [4.78, 5) is 62.3. The van der Waals surface area contributed by atoms with Crippen molar-refractivity contribution in [3.63, 3.8) is 0 Å². The lowest BCUT2D eigenvalue weighted by Gasteiger charge is -2.27. The molecule has 9 heteroatoms. The second-order valence-electron chi connectivity index (χ2n) is 7.92. The Morgan fingerprint density at radius 3 is 2.48 bits per heavy atom. The van der Waals surface area contributed by atoms with Crippen LogP contribution in [0.5, 0.6) is 5.75 Å². The van der Waals surface area contributed by atoms with Crippen molar-refractivity contribution < 1.29 is 33.4 Å². The number of rotatable bonds is 4. The number of nitrogens with one attached hydrogen (secondary N) is 1. The summed E-state index contributed by atoms with van der Waals surface area (Å²) in [5.41, 5.74) is -0.645. The van der Waals surface area contributed by atoms with E-state index in [-0.39, 0.29) is 29.7 Å². The molecule has 29 heavy (non-hydrogen) atoms. The Labute approximate surface area is 167 Å². The molecule has 1 aromatic carbocycles. The monoisotopic (exact) mass is 402 g/mol. The summed E-state index contributed by atoms with van der Waals surface area (Å²) >= 11 is 0. The minimum atomic E-state index is -1.07. The lowest BCUT2D eigenvalue weighted by atomic mass is 10.0. The number of fused-ring (bicyclic) bond motifs is 1. The van der Waals surface area contributed by atoms with E-state index in [1.807, 2.05) is 0 Å². The number of amides is 4. The van der Waals surface area contributed by atoms with Crippen LogP contribution in [0.2, 0.25) is 0 Å². The lowest BCUT2D eigenvalue weighted by molar-refractivity contribution is -0.162. The summed E-state index contributed by atoms with van der Waals surface area (Å²) < 4.78 is 10.9. The average molecular weight is 402 g/mol. The van der Waals surface area contributed by atoms with Gasteiger partial charge in [-0.3, -0.25) is 29.4 Å². The zero-order valence-electron chi connectivity index (χ0n) is 16.6. The maximum atomic E-state index is 13.0.